The molecule has 0 saturated heterocycles. The molecule has 1 N–H and O–H groups in total. The van der Waals surface area contributed by atoms with Gasteiger partial charge in [0.2, 0.25) is 5.95 Å². The summed E-state index contributed by atoms with van der Waals surface area (Å²) in [5.41, 5.74) is 3.39. The first-order chi connectivity index (χ1) is 10.1. The number of halogens is 1. The summed E-state index contributed by atoms with van der Waals surface area (Å²) in [7, 11) is 0. The lowest BCUT2D eigenvalue weighted by atomic mass is 9.95. The minimum absolute atomic E-state index is 0.589. The fraction of sp³-hybridized carbons (Fsp3) is 0.471. The van der Waals surface area contributed by atoms with Crippen molar-refractivity contribution >= 4 is 27.6 Å². The molecule has 0 atom stereocenters. The van der Waals surface area contributed by atoms with Gasteiger partial charge in [0, 0.05) is 16.7 Å². The monoisotopic (exact) mass is 347 g/mol. The van der Waals surface area contributed by atoms with Gasteiger partial charge in [-0.15, -0.1) is 0 Å². The third-order valence-corrected chi connectivity index (χ3v) is 5.31. The van der Waals surface area contributed by atoms with Crippen molar-refractivity contribution < 1.29 is 0 Å². The van der Waals surface area contributed by atoms with Gasteiger partial charge in [-0.3, -0.25) is 0 Å². The van der Waals surface area contributed by atoms with Crippen LogP contribution >= 0.6 is 15.9 Å². The summed E-state index contributed by atoms with van der Waals surface area (Å²) in [5, 5.41) is 3.50. The Balaban J connectivity index is 1.89. The van der Waals surface area contributed by atoms with E-state index in [-0.39, 0.29) is 0 Å². The highest BCUT2D eigenvalue weighted by molar-refractivity contribution is 9.10. The summed E-state index contributed by atoms with van der Waals surface area (Å²) >= 11 is 3.67. The van der Waals surface area contributed by atoms with Gasteiger partial charge in [-0.25, -0.2) is 4.98 Å². The van der Waals surface area contributed by atoms with Crippen LogP contribution in [0.2, 0.25) is 0 Å². The first-order valence-electron chi connectivity index (χ1n) is 7.73. The molecule has 0 bridgehead atoms. The Morgan fingerprint density at radius 3 is 2.71 bits per heavy atom. The first kappa shape index (κ1) is 14.6. The summed E-state index contributed by atoms with van der Waals surface area (Å²) < 4.78 is 3.45. The summed E-state index contributed by atoms with van der Waals surface area (Å²) in [5.74, 6) is 0.964. The van der Waals surface area contributed by atoms with E-state index < -0.39 is 0 Å². The Kier molecular flexibility index (Phi) is 4.34. The molecule has 0 unspecified atom stereocenters. The number of imidazole rings is 1. The zero-order valence-electron chi connectivity index (χ0n) is 12.7. The van der Waals surface area contributed by atoms with Crippen LogP contribution in [0, 0.1) is 13.8 Å². The largest absolute Gasteiger partial charge is 0.325 e. The van der Waals surface area contributed by atoms with E-state index in [0.29, 0.717) is 6.04 Å². The number of hydrogen-bond acceptors (Lipinski definition) is 2. The highest BCUT2D eigenvalue weighted by Crippen LogP contribution is 2.33. The number of hydrogen-bond donors (Lipinski definition) is 1. The molecule has 1 aromatic carbocycles. The molecule has 2 aromatic rings. The molecule has 0 spiro atoms. The van der Waals surface area contributed by atoms with E-state index in [2.05, 4.69) is 69.0 Å². The smallest absolute Gasteiger partial charge is 0.207 e. The van der Waals surface area contributed by atoms with E-state index in [1.807, 2.05) is 0 Å². The molecule has 3 rings (SSSR count). The van der Waals surface area contributed by atoms with Gasteiger partial charge in [-0.1, -0.05) is 31.4 Å². The molecule has 4 heteroatoms. The van der Waals surface area contributed by atoms with Crippen molar-refractivity contribution in [2.24, 2.45) is 0 Å². The first-order valence-corrected chi connectivity index (χ1v) is 8.52. The molecule has 1 aliphatic rings. The van der Waals surface area contributed by atoms with Gasteiger partial charge in [0.1, 0.15) is 0 Å². The average molecular weight is 348 g/mol. The van der Waals surface area contributed by atoms with Crippen LogP contribution in [-0.4, -0.2) is 9.55 Å². The fourth-order valence-electron chi connectivity index (χ4n) is 3.11. The SMILES string of the molecule is Cc1cn(C2CCCCC2)c(Nc2cccc(C)c2Br)n1. The minimum Gasteiger partial charge on any atom is -0.325 e. The van der Waals surface area contributed by atoms with E-state index in [1.54, 1.807) is 0 Å². The Hall–Kier alpha value is -1.29. The lowest BCUT2D eigenvalue weighted by molar-refractivity contribution is 0.356. The van der Waals surface area contributed by atoms with Crippen LogP contribution in [0.5, 0.6) is 0 Å². The highest BCUT2D eigenvalue weighted by atomic mass is 79.9. The van der Waals surface area contributed by atoms with Crippen LogP contribution in [0.4, 0.5) is 11.6 Å². The van der Waals surface area contributed by atoms with E-state index in [9.17, 15) is 0 Å². The molecule has 1 aliphatic carbocycles. The van der Waals surface area contributed by atoms with E-state index in [1.165, 1.54) is 37.7 Å². The third kappa shape index (κ3) is 3.15. The maximum atomic E-state index is 4.68. The highest BCUT2D eigenvalue weighted by Gasteiger charge is 2.19. The van der Waals surface area contributed by atoms with Crippen LogP contribution in [0.25, 0.3) is 0 Å². The number of nitrogens with one attached hydrogen (secondary N) is 1. The van der Waals surface area contributed by atoms with Crippen molar-refractivity contribution in [1.29, 1.82) is 0 Å². The Bertz CT molecular complexity index is 627. The van der Waals surface area contributed by atoms with Crippen LogP contribution < -0.4 is 5.32 Å². The van der Waals surface area contributed by atoms with Crippen LogP contribution in [0.1, 0.15) is 49.4 Å². The number of aryl methyl sites for hydroxylation is 2. The predicted octanol–water partition coefficient (Wildman–Crippen LogP) is 5.51. The Labute approximate surface area is 134 Å². The van der Waals surface area contributed by atoms with Gasteiger partial charge >= 0.3 is 0 Å². The standard InChI is InChI=1S/C17H22BrN3/c1-12-7-6-10-15(16(12)18)20-17-19-13(2)11-21(17)14-8-4-3-5-9-14/h6-7,10-11,14H,3-5,8-9H2,1-2H3,(H,19,20). The topological polar surface area (TPSA) is 29.9 Å². The number of nitrogens with zero attached hydrogens (tertiary/aromatic N) is 2. The normalized spacial score (nSPS) is 16.1. The molecule has 1 aromatic heterocycles. The molecule has 1 fully saturated rings. The zero-order valence-corrected chi connectivity index (χ0v) is 14.3. The number of benzene rings is 1. The molecule has 112 valence electrons. The zero-order chi connectivity index (χ0) is 14.8. The average Bonchev–Trinajstić information content (AvgIpc) is 2.86. The predicted molar refractivity (Wildman–Crippen MR) is 91.2 cm³/mol. The number of anilines is 2. The summed E-state index contributed by atoms with van der Waals surface area (Å²) in [6, 6.07) is 6.86. The van der Waals surface area contributed by atoms with Crippen molar-refractivity contribution in [3.63, 3.8) is 0 Å². The molecule has 0 amide bonds. The van der Waals surface area contributed by atoms with Crippen molar-refractivity contribution in [2.75, 3.05) is 5.32 Å². The number of aromatic nitrogens is 2. The van der Waals surface area contributed by atoms with Gasteiger partial charge in [-0.05, 0) is 54.2 Å². The van der Waals surface area contributed by atoms with E-state index >= 15 is 0 Å². The van der Waals surface area contributed by atoms with E-state index in [4.69, 9.17) is 0 Å². The quantitative estimate of drug-likeness (QED) is 0.792. The van der Waals surface area contributed by atoms with Crippen molar-refractivity contribution in [3.05, 3.63) is 40.1 Å². The van der Waals surface area contributed by atoms with Gasteiger partial charge in [-0.2, -0.15) is 0 Å². The van der Waals surface area contributed by atoms with Gasteiger partial charge < -0.3 is 9.88 Å². The maximum absolute atomic E-state index is 4.68. The molecule has 0 aliphatic heterocycles. The summed E-state index contributed by atoms with van der Waals surface area (Å²) in [6.07, 6.45) is 8.74. The minimum atomic E-state index is 0.589. The lowest BCUT2D eigenvalue weighted by Gasteiger charge is -2.25. The second kappa shape index (κ2) is 6.22. The van der Waals surface area contributed by atoms with Crippen molar-refractivity contribution in [2.45, 2.75) is 52.0 Å². The Morgan fingerprint density at radius 2 is 1.95 bits per heavy atom. The second-order valence-electron chi connectivity index (χ2n) is 5.97. The van der Waals surface area contributed by atoms with Crippen molar-refractivity contribution in [3.8, 4) is 0 Å². The summed E-state index contributed by atoms with van der Waals surface area (Å²) in [6.45, 7) is 4.17. The van der Waals surface area contributed by atoms with Crippen LogP contribution in [-0.2, 0) is 0 Å². The lowest BCUT2D eigenvalue weighted by Crippen LogP contribution is -2.14. The van der Waals surface area contributed by atoms with Crippen LogP contribution in [0.3, 0.4) is 0 Å². The molecule has 21 heavy (non-hydrogen) atoms. The van der Waals surface area contributed by atoms with Crippen molar-refractivity contribution in [1.82, 2.24) is 9.55 Å². The molecule has 3 nitrogen and oxygen atoms in total. The molecule has 0 radical (unpaired) electrons. The third-order valence-electron chi connectivity index (χ3n) is 4.26. The maximum Gasteiger partial charge on any atom is 0.207 e. The Morgan fingerprint density at radius 1 is 1.19 bits per heavy atom. The van der Waals surface area contributed by atoms with Gasteiger partial charge in [0.05, 0.1) is 11.4 Å². The van der Waals surface area contributed by atoms with Crippen LogP contribution in [0.15, 0.2) is 28.9 Å². The molecule has 1 heterocycles. The molecular formula is C17H22BrN3. The van der Waals surface area contributed by atoms with E-state index in [0.717, 1.165) is 21.8 Å². The second-order valence-corrected chi connectivity index (χ2v) is 6.76. The van der Waals surface area contributed by atoms with Gasteiger partial charge in [0.15, 0.2) is 0 Å². The fourth-order valence-corrected chi connectivity index (χ4v) is 3.47. The number of rotatable bonds is 3. The molecular weight excluding hydrogens is 326 g/mol. The molecule has 1 saturated carbocycles. The van der Waals surface area contributed by atoms with Gasteiger partial charge in [0.25, 0.3) is 0 Å². The summed E-state index contributed by atoms with van der Waals surface area (Å²) in [4.78, 5) is 4.68.